The highest BCUT2D eigenvalue weighted by atomic mass is 19.1. The summed E-state index contributed by atoms with van der Waals surface area (Å²) in [6.45, 7) is 8.46. The third kappa shape index (κ3) is 5.84. The van der Waals surface area contributed by atoms with Crippen molar-refractivity contribution in [2.45, 2.75) is 47.0 Å². The van der Waals surface area contributed by atoms with Gasteiger partial charge in [-0.1, -0.05) is 49.3 Å². The van der Waals surface area contributed by atoms with Crippen LogP contribution in [0.4, 0.5) is 4.39 Å². The van der Waals surface area contributed by atoms with Crippen molar-refractivity contribution in [3.63, 3.8) is 0 Å². The van der Waals surface area contributed by atoms with Crippen LogP contribution in [0.5, 0.6) is 0 Å². The molecule has 0 aromatic carbocycles. The van der Waals surface area contributed by atoms with Crippen molar-refractivity contribution >= 4 is 0 Å². The van der Waals surface area contributed by atoms with Crippen molar-refractivity contribution in [3.8, 4) is 0 Å². The van der Waals surface area contributed by atoms with Gasteiger partial charge in [-0.05, 0) is 56.3 Å². The Bertz CT molecular complexity index is 502. The Balaban J connectivity index is 2.78. The van der Waals surface area contributed by atoms with E-state index in [1.165, 1.54) is 23.6 Å². The summed E-state index contributed by atoms with van der Waals surface area (Å²) < 4.78 is 13.8. The molecule has 0 aromatic heterocycles. The summed E-state index contributed by atoms with van der Waals surface area (Å²) in [5.41, 5.74) is 3.68. The maximum absolute atomic E-state index is 13.8. The second-order valence-corrected chi connectivity index (χ2v) is 6.31. The summed E-state index contributed by atoms with van der Waals surface area (Å²) in [6.07, 6.45) is 13.5. The number of hydrogen-bond acceptors (Lipinski definition) is 1. The van der Waals surface area contributed by atoms with Crippen LogP contribution in [0.15, 0.2) is 59.0 Å². The van der Waals surface area contributed by atoms with Gasteiger partial charge >= 0.3 is 0 Å². The second kappa shape index (κ2) is 8.14. The van der Waals surface area contributed by atoms with Crippen molar-refractivity contribution in [2.75, 3.05) is 6.61 Å². The third-order valence-electron chi connectivity index (χ3n) is 3.98. The Labute approximate surface area is 128 Å². The lowest BCUT2D eigenvalue weighted by Crippen LogP contribution is -2.19. The Morgan fingerprint density at radius 2 is 2.05 bits per heavy atom. The maximum atomic E-state index is 13.8. The number of aliphatic hydroxyl groups is 1. The van der Waals surface area contributed by atoms with E-state index in [-0.39, 0.29) is 17.8 Å². The zero-order valence-electron chi connectivity index (χ0n) is 13.6. The van der Waals surface area contributed by atoms with Gasteiger partial charge in [0, 0.05) is 0 Å². The van der Waals surface area contributed by atoms with E-state index in [4.69, 9.17) is 5.11 Å². The normalized spacial score (nSPS) is 20.9. The molecule has 21 heavy (non-hydrogen) atoms. The minimum atomic E-state index is -0.260. The topological polar surface area (TPSA) is 20.2 Å². The molecule has 0 saturated heterocycles. The first-order valence-electron chi connectivity index (χ1n) is 7.56. The van der Waals surface area contributed by atoms with Crippen LogP contribution in [-0.2, 0) is 0 Å². The van der Waals surface area contributed by atoms with Crippen molar-refractivity contribution in [2.24, 2.45) is 5.41 Å². The average molecular weight is 290 g/mol. The Hall–Kier alpha value is -1.41. The summed E-state index contributed by atoms with van der Waals surface area (Å²) >= 11 is 0. The summed E-state index contributed by atoms with van der Waals surface area (Å²) in [6, 6.07) is 0. The number of hydrogen-bond donors (Lipinski definition) is 1. The van der Waals surface area contributed by atoms with E-state index in [0.29, 0.717) is 0 Å². The molecule has 0 saturated carbocycles. The van der Waals surface area contributed by atoms with Crippen molar-refractivity contribution < 1.29 is 9.50 Å². The van der Waals surface area contributed by atoms with E-state index in [2.05, 4.69) is 20.8 Å². The maximum Gasteiger partial charge on any atom is 0.123 e. The van der Waals surface area contributed by atoms with Crippen LogP contribution in [0.1, 0.15) is 47.0 Å². The largest absolute Gasteiger partial charge is 0.392 e. The van der Waals surface area contributed by atoms with Gasteiger partial charge in [0.2, 0.25) is 0 Å². The molecule has 1 rings (SSSR count). The molecule has 0 unspecified atom stereocenters. The Morgan fingerprint density at radius 3 is 2.67 bits per heavy atom. The molecule has 0 amide bonds. The number of aliphatic hydroxyl groups excluding tert-OH is 1. The van der Waals surface area contributed by atoms with E-state index in [1.54, 1.807) is 24.3 Å². The minimum Gasteiger partial charge on any atom is -0.392 e. The molecular weight excluding hydrogens is 263 g/mol. The van der Waals surface area contributed by atoms with Gasteiger partial charge in [-0.25, -0.2) is 4.39 Å². The first-order valence-corrected chi connectivity index (χ1v) is 7.56. The molecule has 116 valence electrons. The van der Waals surface area contributed by atoms with Crippen LogP contribution in [0.25, 0.3) is 0 Å². The van der Waals surface area contributed by atoms with Gasteiger partial charge in [0.05, 0.1) is 6.61 Å². The van der Waals surface area contributed by atoms with E-state index >= 15 is 0 Å². The minimum absolute atomic E-state index is 0.00475. The lowest BCUT2D eigenvalue weighted by atomic mass is 9.72. The number of halogens is 1. The quantitative estimate of drug-likeness (QED) is 0.670. The molecule has 0 bridgehead atoms. The highest BCUT2D eigenvalue weighted by molar-refractivity contribution is 5.36. The van der Waals surface area contributed by atoms with Gasteiger partial charge in [-0.3, -0.25) is 0 Å². The van der Waals surface area contributed by atoms with Gasteiger partial charge in [0.1, 0.15) is 5.83 Å². The lowest BCUT2D eigenvalue weighted by molar-refractivity contribution is 0.342. The van der Waals surface area contributed by atoms with E-state index in [0.717, 1.165) is 18.4 Å². The Kier molecular flexibility index (Phi) is 6.83. The monoisotopic (exact) mass is 290 g/mol. The second-order valence-electron chi connectivity index (χ2n) is 6.31. The van der Waals surface area contributed by atoms with Crippen molar-refractivity contribution in [1.82, 2.24) is 0 Å². The highest BCUT2D eigenvalue weighted by Gasteiger charge is 2.26. The van der Waals surface area contributed by atoms with Gasteiger partial charge < -0.3 is 5.11 Å². The fourth-order valence-corrected chi connectivity index (χ4v) is 2.73. The zero-order valence-corrected chi connectivity index (χ0v) is 13.6. The molecule has 1 aliphatic carbocycles. The summed E-state index contributed by atoms with van der Waals surface area (Å²) in [7, 11) is 0. The van der Waals surface area contributed by atoms with Crippen molar-refractivity contribution in [1.29, 1.82) is 0 Å². The van der Waals surface area contributed by atoms with Crippen LogP contribution in [0, 0.1) is 5.41 Å². The van der Waals surface area contributed by atoms with Gasteiger partial charge in [-0.15, -0.1) is 0 Å². The molecule has 0 atom stereocenters. The fraction of sp³-hybridized carbons (Fsp3) is 0.474. The van der Waals surface area contributed by atoms with E-state index in [9.17, 15) is 4.39 Å². The standard InChI is InChI=1S/C19H27FO/c1-15(12-14-21)7-5-9-17(20)10-11-18-16(2)8-6-13-19(18,3)4/h5,7,9-12,21H,6,8,13-14H2,1-4H3/b7-5+,11-10+,15-12+,17-9-. The smallest absolute Gasteiger partial charge is 0.123 e. The SMILES string of the molecule is CC1=C(/C=C/C(F)=C/C=C/C(C)=C/CO)C(C)(C)CCC1. The first-order chi connectivity index (χ1) is 9.86. The molecule has 1 N–H and O–H groups in total. The first kappa shape index (κ1) is 17.6. The predicted octanol–water partition coefficient (Wildman–Crippen LogP) is 5.42. The predicted molar refractivity (Wildman–Crippen MR) is 88.6 cm³/mol. The summed E-state index contributed by atoms with van der Waals surface area (Å²) in [5, 5.41) is 8.73. The van der Waals surface area contributed by atoms with Gasteiger partial charge in [0.15, 0.2) is 0 Å². The fourth-order valence-electron chi connectivity index (χ4n) is 2.73. The third-order valence-corrected chi connectivity index (χ3v) is 3.98. The van der Waals surface area contributed by atoms with Crippen LogP contribution >= 0.6 is 0 Å². The molecule has 0 radical (unpaired) electrons. The molecule has 1 nitrogen and oxygen atoms in total. The van der Waals surface area contributed by atoms with Crippen LogP contribution in [0.2, 0.25) is 0 Å². The number of allylic oxidation sites excluding steroid dienone is 9. The zero-order chi connectivity index (χ0) is 15.9. The molecule has 0 spiro atoms. The van der Waals surface area contributed by atoms with Crippen molar-refractivity contribution in [3.05, 3.63) is 59.0 Å². The molecule has 0 aliphatic heterocycles. The molecule has 1 aliphatic rings. The summed E-state index contributed by atoms with van der Waals surface area (Å²) in [4.78, 5) is 0. The van der Waals surface area contributed by atoms with Crippen LogP contribution < -0.4 is 0 Å². The lowest BCUT2D eigenvalue weighted by Gasteiger charge is -2.32. The average Bonchev–Trinajstić information content (AvgIpc) is 2.37. The van der Waals surface area contributed by atoms with Gasteiger partial charge in [0.25, 0.3) is 0 Å². The molecular formula is C19H27FO. The molecule has 0 heterocycles. The summed E-state index contributed by atoms with van der Waals surface area (Å²) in [5.74, 6) is -0.260. The van der Waals surface area contributed by atoms with E-state index in [1.807, 2.05) is 13.0 Å². The molecule has 0 aromatic rings. The Morgan fingerprint density at radius 1 is 1.33 bits per heavy atom. The highest BCUT2D eigenvalue weighted by Crippen LogP contribution is 2.40. The number of rotatable bonds is 5. The van der Waals surface area contributed by atoms with E-state index < -0.39 is 0 Å². The molecule has 0 fully saturated rings. The van der Waals surface area contributed by atoms with Gasteiger partial charge in [-0.2, -0.15) is 0 Å². The van der Waals surface area contributed by atoms with Crippen LogP contribution in [-0.4, -0.2) is 11.7 Å². The molecule has 2 heteroatoms. The van der Waals surface area contributed by atoms with Crippen LogP contribution in [0.3, 0.4) is 0 Å².